The highest BCUT2D eigenvalue weighted by molar-refractivity contribution is 6.38. The number of halogens is 2. The lowest BCUT2D eigenvalue weighted by molar-refractivity contribution is 0.425. The van der Waals surface area contributed by atoms with E-state index < -0.39 is 0 Å². The molecule has 0 saturated heterocycles. The van der Waals surface area contributed by atoms with Crippen LogP contribution in [0.2, 0.25) is 10.0 Å². The van der Waals surface area contributed by atoms with E-state index in [0.29, 0.717) is 21.9 Å². The Balaban J connectivity index is 1.41. The number of rotatable bonds is 3. The zero-order valence-corrected chi connectivity index (χ0v) is 18.2. The maximum Gasteiger partial charge on any atom is 0.0630 e. The lowest BCUT2D eigenvalue weighted by Gasteiger charge is -2.37. The second-order valence-corrected chi connectivity index (χ2v) is 8.87. The summed E-state index contributed by atoms with van der Waals surface area (Å²) in [6.07, 6.45) is 7.53. The largest absolute Gasteiger partial charge is 0.378 e. The number of benzene rings is 3. The predicted octanol–water partition coefficient (Wildman–Crippen LogP) is 7.88. The van der Waals surface area contributed by atoms with Crippen LogP contribution in [0, 0.1) is 12.8 Å². The molecule has 3 aromatic carbocycles. The standard InChI is InChI=1S/C26H22Cl2N2/c1-16-8-13-25-21(14-16)19-4-2-5-20(19)26(30-25)17-9-11-18(12-10-17)29-15-22-23(27)6-3-7-24(22)28/h2-4,6-15,19-20,26,30H,5H2,1H3/t19-,20-,26-/m0/s1. The highest BCUT2D eigenvalue weighted by Gasteiger charge is 2.37. The van der Waals surface area contributed by atoms with Crippen LogP contribution < -0.4 is 5.32 Å². The summed E-state index contributed by atoms with van der Waals surface area (Å²) in [6, 6.07) is 20.9. The first-order chi connectivity index (χ1) is 14.6. The van der Waals surface area contributed by atoms with Gasteiger partial charge in [0.05, 0.1) is 21.8 Å². The fourth-order valence-electron chi connectivity index (χ4n) is 4.58. The molecule has 2 nitrogen and oxygen atoms in total. The molecule has 1 heterocycles. The minimum atomic E-state index is 0.288. The van der Waals surface area contributed by atoms with Gasteiger partial charge in [-0.1, -0.05) is 71.2 Å². The van der Waals surface area contributed by atoms with Crippen molar-refractivity contribution in [1.82, 2.24) is 0 Å². The minimum absolute atomic E-state index is 0.288. The summed E-state index contributed by atoms with van der Waals surface area (Å²) in [6.45, 7) is 2.16. The van der Waals surface area contributed by atoms with Crippen LogP contribution in [0.1, 0.15) is 40.6 Å². The molecule has 4 heteroatoms. The van der Waals surface area contributed by atoms with Gasteiger partial charge >= 0.3 is 0 Å². The van der Waals surface area contributed by atoms with Crippen molar-refractivity contribution in [2.75, 3.05) is 5.32 Å². The Bertz CT molecular complexity index is 1130. The molecule has 0 radical (unpaired) electrons. The Morgan fingerprint density at radius 1 is 1.00 bits per heavy atom. The molecule has 0 fully saturated rings. The second kappa shape index (κ2) is 7.94. The van der Waals surface area contributed by atoms with E-state index in [1.807, 2.05) is 18.2 Å². The molecule has 1 aliphatic carbocycles. The SMILES string of the molecule is Cc1ccc2c(c1)[C@H]1C=CC[C@@H]1[C@H](c1ccc(N=Cc3c(Cl)cccc3Cl)cc1)N2. The molecule has 3 atom stereocenters. The van der Waals surface area contributed by atoms with Gasteiger partial charge in [-0.2, -0.15) is 0 Å². The van der Waals surface area contributed by atoms with Crippen LogP contribution >= 0.6 is 23.2 Å². The van der Waals surface area contributed by atoms with Gasteiger partial charge in [-0.3, -0.25) is 4.99 Å². The van der Waals surface area contributed by atoms with E-state index in [1.54, 1.807) is 6.21 Å². The number of aliphatic imine (C=N–C) groups is 1. The van der Waals surface area contributed by atoms with Gasteiger partial charge in [-0.25, -0.2) is 0 Å². The highest BCUT2D eigenvalue weighted by Crippen LogP contribution is 2.50. The van der Waals surface area contributed by atoms with Crippen molar-refractivity contribution in [2.24, 2.45) is 10.9 Å². The van der Waals surface area contributed by atoms with Crippen LogP contribution in [0.25, 0.3) is 0 Å². The monoisotopic (exact) mass is 432 g/mol. The van der Waals surface area contributed by atoms with Crippen molar-refractivity contribution in [3.05, 3.63) is 105 Å². The molecule has 0 bridgehead atoms. The summed E-state index contributed by atoms with van der Waals surface area (Å²) in [5.74, 6) is 1.02. The molecular weight excluding hydrogens is 411 g/mol. The molecule has 0 aromatic heterocycles. The molecule has 0 spiro atoms. The Hall–Kier alpha value is -2.55. The second-order valence-electron chi connectivity index (χ2n) is 8.05. The number of aryl methyl sites for hydroxylation is 1. The van der Waals surface area contributed by atoms with Crippen molar-refractivity contribution in [1.29, 1.82) is 0 Å². The van der Waals surface area contributed by atoms with Crippen molar-refractivity contribution < 1.29 is 0 Å². The molecule has 0 amide bonds. The molecule has 5 rings (SSSR count). The number of nitrogens with one attached hydrogen (secondary N) is 1. The van der Waals surface area contributed by atoms with Crippen LogP contribution in [-0.2, 0) is 0 Å². The topological polar surface area (TPSA) is 24.4 Å². The molecule has 2 aliphatic rings. The zero-order valence-electron chi connectivity index (χ0n) is 16.6. The van der Waals surface area contributed by atoms with Crippen LogP contribution in [-0.4, -0.2) is 6.21 Å². The van der Waals surface area contributed by atoms with Crippen molar-refractivity contribution in [2.45, 2.75) is 25.3 Å². The van der Waals surface area contributed by atoms with Gasteiger partial charge < -0.3 is 5.32 Å². The molecular formula is C26H22Cl2N2. The predicted molar refractivity (Wildman–Crippen MR) is 128 cm³/mol. The quantitative estimate of drug-likeness (QED) is 0.330. The Morgan fingerprint density at radius 2 is 1.77 bits per heavy atom. The summed E-state index contributed by atoms with van der Waals surface area (Å²) in [5, 5.41) is 4.99. The molecule has 150 valence electrons. The van der Waals surface area contributed by atoms with E-state index in [9.17, 15) is 0 Å². The lowest BCUT2D eigenvalue weighted by atomic mass is 9.76. The number of nitrogens with zero attached hydrogens (tertiary/aromatic N) is 1. The zero-order chi connectivity index (χ0) is 20.7. The van der Waals surface area contributed by atoms with Crippen LogP contribution in [0.3, 0.4) is 0 Å². The van der Waals surface area contributed by atoms with Crippen LogP contribution in [0.5, 0.6) is 0 Å². The Morgan fingerprint density at radius 3 is 2.53 bits per heavy atom. The van der Waals surface area contributed by atoms with E-state index in [0.717, 1.165) is 17.7 Å². The Kier molecular flexibility index (Phi) is 5.14. The normalized spacial score (nSPS) is 22.0. The summed E-state index contributed by atoms with van der Waals surface area (Å²) in [5.41, 5.74) is 6.88. The Labute approximate surface area is 187 Å². The molecule has 3 aromatic rings. The van der Waals surface area contributed by atoms with E-state index in [1.165, 1.54) is 22.4 Å². The van der Waals surface area contributed by atoms with E-state index in [-0.39, 0.29) is 6.04 Å². The maximum absolute atomic E-state index is 6.24. The molecule has 0 unspecified atom stereocenters. The maximum atomic E-state index is 6.24. The molecule has 1 aliphatic heterocycles. The summed E-state index contributed by atoms with van der Waals surface area (Å²) in [4.78, 5) is 4.57. The first-order valence-electron chi connectivity index (χ1n) is 10.2. The van der Waals surface area contributed by atoms with Gasteiger partial charge in [0.1, 0.15) is 0 Å². The first-order valence-corrected chi connectivity index (χ1v) is 11.0. The van der Waals surface area contributed by atoms with Crippen molar-refractivity contribution in [3.63, 3.8) is 0 Å². The third kappa shape index (κ3) is 3.55. The summed E-state index contributed by atoms with van der Waals surface area (Å²) < 4.78 is 0. The highest BCUT2D eigenvalue weighted by atomic mass is 35.5. The van der Waals surface area contributed by atoms with Gasteiger partial charge in [0.25, 0.3) is 0 Å². The van der Waals surface area contributed by atoms with Crippen molar-refractivity contribution in [3.8, 4) is 0 Å². The van der Waals surface area contributed by atoms with Gasteiger partial charge in [-0.05, 0) is 60.7 Å². The number of allylic oxidation sites excluding steroid dienone is 2. The summed E-state index contributed by atoms with van der Waals surface area (Å²) >= 11 is 12.5. The fourth-order valence-corrected chi connectivity index (χ4v) is 5.08. The fraction of sp³-hybridized carbons (Fsp3) is 0.192. The average Bonchev–Trinajstić information content (AvgIpc) is 3.24. The van der Waals surface area contributed by atoms with E-state index in [4.69, 9.17) is 23.2 Å². The van der Waals surface area contributed by atoms with Gasteiger partial charge in [0.15, 0.2) is 0 Å². The van der Waals surface area contributed by atoms with E-state index >= 15 is 0 Å². The summed E-state index contributed by atoms with van der Waals surface area (Å²) in [7, 11) is 0. The van der Waals surface area contributed by atoms with E-state index in [2.05, 4.69) is 71.8 Å². The van der Waals surface area contributed by atoms with Crippen LogP contribution in [0.15, 0.2) is 77.8 Å². The van der Waals surface area contributed by atoms with Gasteiger partial charge in [-0.15, -0.1) is 0 Å². The van der Waals surface area contributed by atoms with Gasteiger partial charge in [0.2, 0.25) is 0 Å². The van der Waals surface area contributed by atoms with Gasteiger partial charge in [0, 0.05) is 23.4 Å². The smallest absolute Gasteiger partial charge is 0.0630 e. The lowest BCUT2D eigenvalue weighted by Crippen LogP contribution is -2.29. The first kappa shape index (κ1) is 19.4. The molecule has 1 N–H and O–H groups in total. The minimum Gasteiger partial charge on any atom is -0.378 e. The number of hydrogen-bond donors (Lipinski definition) is 1. The van der Waals surface area contributed by atoms with Crippen molar-refractivity contribution >= 4 is 40.8 Å². The van der Waals surface area contributed by atoms with Crippen LogP contribution in [0.4, 0.5) is 11.4 Å². The molecule has 30 heavy (non-hydrogen) atoms. The molecule has 0 saturated carbocycles. The average molecular weight is 433 g/mol. The number of fused-ring (bicyclic) bond motifs is 3. The number of hydrogen-bond acceptors (Lipinski definition) is 2. The third-order valence-electron chi connectivity index (χ3n) is 6.11. The number of anilines is 1. The third-order valence-corrected chi connectivity index (χ3v) is 6.77.